The lowest BCUT2D eigenvalue weighted by Crippen LogP contribution is -2.07. The highest BCUT2D eigenvalue weighted by Gasteiger charge is 2.20. The fourth-order valence-corrected chi connectivity index (χ4v) is 8.19. The zero-order chi connectivity index (χ0) is 37.0. The van der Waals surface area contributed by atoms with Crippen LogP contribution in [0.15, 0.2) is 200 Å². The molecule has 0 aliphatic heterocycles. The predicted molar refractivity (Wildman–Crippen MR) is 230 cm³/mol. The topological polar surface area (TPSA) is 48.5 Å². The van der Waals surface area contributed by atoms with Gasteiger partial charge in [0.05, 0.1) is 22.1 Å². The zero-order valence-corrected chi connectivity index (χ0v) is 30.3. The van der Waals surface area contributed by atoms with Crippen LogP contribution < -0.4 is 0 Å². The van der Waals surface area contributed by atoms with Gasteiger partial charge in [0, 0.05) is 38.4 Å². The number of hydrogen-bond donors (Lipinski definition) is 0. The second-order valence-electron chi connectivity index (χ2n) is 14.1. The third-order valence-electron chi connectivity index (χ3n) is 10.8. The summed E-state index contributed by atoms with van der Waals surface area (Å²) >= 11 is 0. The third kappa shape index (κ3) is 5.29. The van der Waals surface area contributed by atoms with Crippen molar-refractivity contribution in [3.8, 4) is 56.7 Å². The first-order chi connectivity index (χ1) is 27.8. The number of rotatable bonds is 6. The predicted octanol–water partition coefficient (Wildman–Crippen LogP) is 12.7. The zero-order valence-electron chi connectivity index (χ0n) is 30.3. The van der Waals surface area contributed by atoms with Crippen molar-refractivity contribution in [3.05, 3.63) is 200 Å². The van der Waals surface area contributed by atoms with Crippen molar-refractivity contribution in [3.63, 3.8) is 0 Å². The molecule has 0 aliphatic rings. The summed E-state index contributed by atoms with van der Waals surface area (Å²) in [4.78, 5) is 15.8. The SMILES string of the molecule is c1ccc(-c2cccc(-c3cc(-c4nc(-c5ccccc5)nc(-n5c6ccccc6c6ccccc65)n4)cc(-n4c5ccccc5c5ccccc54)c3)c2)cc1. The molecule has 262 valence electrons. The van der Waals surface area contributed by atoms with Gasteiger partial charge < -0.3 is 4.57 Å². The highest BCUT2D eigenvalue weighted by molar-refractivity contribution is 6.10. The Morgan fingerprint density at radius 1 is 0.268 bits per heavy atom. The quantitative estimate of drug-likeness (QED) is 0.172. The Balaban J connectivity index is 1.20. The molecular formula is C51H33N5. The van der Waals surface area contributed by atoms with Crippen LogP contribution in [0.4, 0.5) is 0 Å². The van der Waals surface area contributed by atoms with E-state index in [9.17, 15) is 0 Å². The molecule has 0 atom stereocenters. The summed E-state index contributed by atoms with van der Waals surface area (Å²) in [5, 5.41) is 4.73. The van der Waals surface area contributed by atoms with Gasteiger partial charge in [-0.2, -0.15) is 9.97 Å². The molecule has 56 heavy (non-hydrogen) atoms. The largest absolute Gasteiger partial charge is 0.309 e. The molecule has 0 saturated heterocycles. The van der Waals surface area contributed by atoms with E-state index in [0.29, 0.717) is 17.6 Å². The van der Waals surface area contributed by atoms with E-state index in [4.69, 9.17) is 15.0 Å². The Morgan fingerprint density at radius 2 is 0.661 bits per heavy atom. The lowest BCUT2D eigenvalue weighted by molar-refractivity contribution is 0.953. The normalized spacial score (nSPS) is 11.6. The molecule has 0 aliphatic carbocycles. The Morgan fingerprint density at radius 3 is 1.21 bits per heavy atom. The van der Waals surface area contributed by atoms with Gasteiger partial charge in [0.25, 0.3) is 0 Å². The Labute approximate surface area is 323 Å². The van der Waals surface area contributed by atoms with Crippen LogP contribution in [-0.4, -0.2) is 24.1 Å². The first-order valence-corrected chi connectivity index (χ1v) is 18.9. The van der Waals surface area contributed by atoms with Crippen molar-refractivity contribution in [1.29, 1.82) is 0 Å². The summed E-state index contributed by atoms with van der Waals surface area (Å²) < 4.78 is 4.54. The lowest BCUT2D eigenvalue weighted by atomic mass is 9.97. The summed E-state index contributed by atoms with van der Waals surface area (Å²) in [6.07, 6.45) is 0. The summed E-state index contributed by atoms with van der Waals surface area (Å²) in [5.41, 5.74) is 11.7. The fraction of sp³-hybridized carbons (Fsp3) is 0. The van der Waals surface area contributed by atoms with Crippen molar-refractivity contribution >= 4 is 43.6 Å². The number of benzene rings is 8. The second kappa shape index (κ2) is 13.0. The molecule has 3 heterocycles. The average Bonchev–Trinajstić information content (AvgIpc) is 3.80. The second-order valence-corrected chi connectivity index (χ2v) is 14.1. The van der Waals surface area contributed by atoms with Gasteiger partial charge in [0.1, 0.15) is 0 Å². The molecular weight excluding hydrogens is 683 g/mol. The molecule has 5 heteroatoms. The van der Waals surface area contributed by atoms with E-state index in [1.807, 2.05) is 18.2 Å². The molecule has 0 spiro atoms. The lowest BCUT2D eigenvalue weighted by Gasteiger charge is -2.15. The minimum atomic E-state index is 0.571. The summed E-state index contributed by atoms with van der Waals surface area (Å²) in [6.45, 7) is 0. The van der Waals surface area contributed by atoms with Gasteiger partial charge in [0.2, 0.25) is 5.95 Å². The molecule has 11 rings (SSSR count). The summed E-state index contributed by atoms with van der Waals surface area (Å²) in [7, 11) is 0. The van der Waals surface area contributed by atoms with Gasteiger partial charge in [-0.3, -0.25) is 4.57 Å². The van der Waals surface area contributed by atoms with Gasteiger partial charge in [-0.25, -0.2) is 4.98 Å². The van der Waals surface area contributed by atoms with Crippen molar-refractivity contribution < 1.29 is 0 Å². The molecule has 0 radical (unpaired) electrons. The van der Waals surface area contributed by atoms with Gasteiger partial charge in [0.15, 0.2) is 11.6 Å². The van der Waals surface area contributed by atoms with Crippen LogP contribution in [0.25, 0.3) is 100 Å². The van der Waals surface area contributed by atoms with E-state index in [1.165, 1.54) is 16.3 Å². The van der Waals surface area contributed by atoms with Crippen LogP contribution >= 0.6 is 0 Å². The number of nitrogens with zero attached hydrogens (tertiary/aromatic N) is 5. The van der Waals surface area contributed by atoms with Gasteiger partial charge >= 0.3 is 0 Å². The first-order valence-electron chi connectivity index (χ1n) is 18.9. The molecule has 0 unspecified atom stereocenters. The van der Waals surface area contributed by atoms with E-state index in [0.717, 1.165) is 66.3 Å². The molecule has 8 aromatic carbocycles. The minimum Gasteiger partial charge on any atom is -0.309 e. The standard InChI is InChI=1S/C51H33N5/c1-3-16-34(17-4-1)36-20-15-21-37(30-36)38-31-39(33-40(32-38)55-45-26-11-7-22-41(45)42-23-8-12-27-46(42)55)50-52-49(35-18-5-2-6-19-35)53-51(54-50)56-47-28-13-9-24-43(47)44-25-10-14-29-48(44)56/h1-33H. The molecule has 3 aromatic heterocycles. The van der Waals surface area contributed by atoms with Gasteiger partial charge in [-0.1, -0.05) is 152 Å². The monoisotopic (exact) mass is 715 g/mol. The van der Waals surface area contributed by atoms with Crippen molar-refractivity contribution in [2.75, 3.05) is 0 Å². The molecule has 0 fully saturated rings. The minimum absolute atomic E-state index is 0.571. The number of aromatic nitrogens is 5. The molecule has 11 aromatic rings. The van der Waals surface area contributed by atoms with Crippen LogP contribution in [-0.2, 0) is 0 Å². The highest BCUT2D eigenvalue weighted by Crippen LogP contribution is 2.38. The molecule has 5 nitrogen and oxygen atoms in total. The molecule has 0 amide bonds. The van der Waals surface area contributed by atoms with E-state index < -0.39 is 0 Å². The Hall–Kier alpha value is -7.63. The van der Waals surface area contributed by atoms with Crippen LogP contribution in [0, 0.1) is 0 Å². The van der Waals surface area contributed by atoms with Crippen LogP contribution in [0.5, 0.6) is 0 Å². The smallest absolute Gasteiger partial charge is 0.238 e. The number of para-hydroxylation sites is 4. The Bertz CT molecular complexity index is 3140. The van der Waals surface area contributed by atoms with Crippen LogP contribution in [0.3, 0.4) is 0 Å². The van der Waals surface area contributed by atoms with E-state index >= 15 is 0 Å². The van der Waals surface area contributed by atoms with Crippen molar-refractivity contribution in [2.24, 2.45) is 0 Å². The first kappa shape index (κ1) is 31.9. The van der Waals surface area contributed by atoms with E-state index in [-0.39, 0.29) is 0 Å². The van der Waals surface area contributed by atoms with Crippen molar-refractivity contribution in [1.82, 2.24) is 24.1 Å². The molecule has 0 bridgehead atoms. The Kier molecular flexibility index (Phi) is 7.42. The van der Waals surface area contributed by atoms with Gasteiger partial charge in [-0.15, -0.1) is 0 Å². The maximum absolute atomic E-state index is 5.35. The van der Waals surface area contributed by atoms with Gasteiger partial charge in [-0.05, 0) is 70.8 Å². The van der Waals surface area contributed by atoms with Crippen molar-refractivity contribution in [2.45, 2.75) is 0 Å². The summed E-state index contributed by atoms with van der Waals surface area (Å²) in [6, 6.07) is 70.5. The van der Waals surface area contributed by atoms with E-state index in [1.54, 1.807) is 0 Å². The fourth-order valence-electron chi connectivity index (χ4n) is 8.19. The highest BCUT2D eigenvalue weighted by atomic mass is 15.2. The van der Waals surface area contributed by atoms with Crippen LogP contribution in [0.2, 0.25) is 0 Å². The third-order valence-corrected chi connectivity index (χ3v) is 10.8. The molecule has 0 N–H and O–H groups in total. The van der Waals surface area contributed by atoms with Crippen LogP contribution in [0.1, 0.15) is 0 Å². The number of fused-ring (bicyclic) bond motifs is 6. The number of hydrogen-bond acceptors (Lipinski definition) is 3. The van der Waals surface area contributed by atoms with E-state index in [2.05, 4.69) is 191 Å². The summed E-state index contributed by atoms with van der Waals surface area (Å²) in [5.74, 6) is 1.78. The molecule has 0 saturated carbocycles. The average molecular weight is 716 g/mol. The maximum atomic E-state index is 5.35. The maximum Gasteiger partial charge on any atom is 0.238 e.